The van der Waals surface area contributed by atoms with Gasteiger partial charge in [-0.2, -0.15) is 0 Å². The van der Waals surface area contributed by atoms with Gasteiger partial charge in [-0.15, -0.1) is 10.2 Å². The smallest absolute Gasteiger partial charge is 0.301 e. The second-order valence-electron chi connectivity index (χ2n) is 11.0. The number of hydrogen-bond acceptors (Lipinski definition) is 10. The van der Waals surface area contributed by atoms with Crippen LogP contribution in [0.3, 0.4) is 0 Å². The first-order valence-electron chi connectivity index (χ1n) is 15.1. The highest BCUT2D eigenvalue weighted by molar-refractivity contribution is 8.00. The number of ether oxygens (including phenoxy) is 3. The average Bonchev–Trinajstić information content (AvgIpc) is 3.74. The summed E-state index contributed by atoms with van der Waals surface area (Å²) in [6.45, 7) is 6.69. The number of carbonyl (C=O) groups excluding carboxylic acids is 2. The number of amides is 1. The molecule has 9 nitrogen and oxygen atoms in total. The molecular weight excluding hydrogens is 681 g/mol. The number of nitrogens with zero attached hydrogens (tertiary/aromatic N) is 3. The van der Waals surface area contributed by atoms with Crippen molar-refractivity contribution in [3.05, 3.63) is 92.5 Å². The maximum atomic E-state index is 13.8. The molecule has 13 heteroatoms. The number of thioether (sulfide) groups is 1. The van der Waals surface area contributed by atoms with E-state index in [9.17, 15) is 14.7 Å². The van der Waals surface area contributed by atoms with E-state index >= 15 is 0 Å². The number of benzene rings is 3. The molecule has 2 atom stereocenters. The Morgan fingerprint density at radius 3 is 2.66 bits per heavy atom. The molecule has 0 aliphatic carbocycles. The zero-order valence-electron chi connectivity index (χ0n) is 25.8. The summed E-state index contributed by atoms with van der Waals surface area (Å²) in [7, 11) is 0. The Morgan fingerprint density at radius 1 is 1.06 bits per heavy atom. The lowest BCUT2D eigenvalue weighted by atomic mass is 9.94. The van der Waals surface area contributed by atoms with E-state index in [4.69, 9.17) is 37.4 Å². The van der Waals surface area contributed by atoms with E-state index in [1.165, 1.54) is 28.0 Å². The third-order valence-electron chi connectivity index (χ3n) is 7.63. The molecule has 244 valence electrons. The Kier molecular flexibility index (Phi) is 9.98. The summed E-state index contributed by atoms with van der Waals surface area (Å²) in [5, 5.41) is 21.6. The van der Waals surface area contributed by atoms with Crippen molar-refractivity contribution in [1.82, 2.24) is 10.2 Å². The van der Waals surface area contributed by atoms with Gasteiger partial charge in [-0.25, -0.2) is 0 Å². The Morgan fingerprint density at radius 2 is 1.89 bits per heavy atom. The summed E-state index contributed by atoms with van der Waals surface area (Å²) in [4.78, 5) is 28.9. The van der Waals surface area contributed by atoms with Gasteiger partial charge in [-0.05, 0) is 79.4 Å². The second-order valence-corrected chi connectivity index (χ2v) is 14.0. The number of rotatable bonds is 11. The zero-order chi connectivity index (χ0) is 33.2. The van der Waals surface area contributed by atoms with Crippen LogP contribution in [0.5, 0.6) is 17.2 Å². The maximum absolute atomic E-state index is 13.8. The second kappa shape index (κ2) is 14.1. The van der Waals surface area contributed by atoms with Gasteiger partial charge in [0.05, 0.1) is 24.8 Å². The molecule has 0 saturated carbocycles. The van der Waals surface area contributed by atoms with Crippen molar-refractivity contribution >= 4 is 68.9 Å². The van der Waals surface area contributed by atoms with Crippen molar-refractivity contribution in [2.24, 2.45) is 0 Å². The molecule has 0 spiro atoms. The minimum absolute atomic E-state index is 0.00131. The molecule has 1 aromatic heterocycles. The van der Waals surface area contributed by atoms with Gasteiger partial charge in [0.2, 0.25) is 5.13 Å². The third-order valence-corrected chi connectivity index (χ3v) is 10.3. The standard InChI is InChI=1S/C34H31Cl2N3O6S2/c1-4-12-44-26-11-7-19(15-27(26)43-5-2)29-28(30(40)20-8-10-25-22(14-20)13-18(3)45-25)31(41)32(42)39(29)33-37-38-34(47-33)46-17-21-6-9-23(35)16-24(21)36/h6-11,14-16,18,29,40H,4-5,12-13,17H2,1-3H3/b30-28+/t18-,29+/m1/s1. The number of aliphatic hydroxyl groups is 1. The molecule has 0 unspecified atom stereocenters. The number of halogens is 2. The zero-order valence-corrected chi connectivity index (χ0v) is 28.9. The van der Waals surface area contributed by atoms with Gasteiger partial charge >= 0.3 is 5.91 Å². The van der Waals surface area contributed by atoms with Crippen LogP contribution in [0.2, 0.25) is 10.0 Å². The summed E-state index contributed by atoms with van der Waals surface area (Å²) < 4.78 is 18.2. The molecule has 1 fully saturated rings. The highest BCUT2D eigenvalue weighted by atomic mass is 35.5. The normalized spacial score (nSPS) is 18.4. The monoisotopic (exact) mass is 711 g/mol. The van der Waals surface area contributed by atoms with E-state index in [0.717, 1.165) is 23.3 Å². The molecule has 6 rings (SSSR count). The number of hydrogen-bond donors (Lipinski definition) is 1. The van der Waals surface area contributed by atoms with Crippen LogP contribution in [-0.2, 0) is 21.8 Å². The number of aliphatic hydroxyl groups excluding tert-OH is 1. The van der Waals surface area contributed by atoms with Gasteiger partial charge < -0.3 is 19.3 Å². The summed E-state index contributed by atoms with van der Waals surface area (Å²) in [5.41, 5.74) is 2.65. The molecular formula is C34H31Cl2N3O6S2. The highest BCUT2D eigenvalue weighted by Gasteiger charge is 2.48. The van der Waals surface area contributed by atoms with Crippen molar-refractivity contribution in [2.45, 2.75) is 55.9 Å². The van der Waals surface area contributed by atoms with Crippen molar-refractivity contribution in [2.75, 3.05) is 18.1 Å². The molecule has 4 aromatic rings. The highest BCUT2D eigenvalue weighted by Crippen LogP contribution is 2.46. The Labute approximate surface area is 290 Å². The van der Waals surface area contributed by atoms with E-state index in [0.29, 0.717) is 62.4 Å². The Balaban J connectivity index is 1.42. The first-order valence-corrected chi connectivity index (χ1v) is 17.6. The SMILES string of the molecule is CCCOc1ccc([C@H]2/C(=C(\O)c3ccc4c(c3)C[C@@H](C)O4)C(=O)C(=O)N2c2nnc(SCc3ccc(Cl)cc3Cl)s2)cc1OCC. The molecule has 3 heterocycles. The lowest BCUT2D eigenvalue weighted by Crippen LogP contribution is -2.29. The molecule has 0 bridgehead atoms. The van der Waals surface area contributed by atoms with Crippen LogP contribution >= 0.6 is 46.3 Å². The largest absolute Gasteiger partial charge is 0.507 e. The number of aromatic nitrogens is 2. The van der Waals surface area contributed by atoms with E-state index in [-0.39, 0.29) is 22.6 Å². The van der Waals surface area contributed by atoms with Crippen LogP contribution in [0.25, 0.3) is 5.76 Å². The van der Waals surface area contributed by atoms with E-state index in [1.807, 2.05) is 26.8 Å². The first-order chi connectivity index (χ1) is 22.7. The minimum Gasteiger partial charge on any atom is -0.507 e. The van der Waals surface area contributed by atoms with Gasteiger partial charge in [0.15, 0.2) is 15.8 Å². The van der Waals surface area contributed by atoms with Gasteiger partial charge in [0.25, 0.3) is 5.78 Å². The molecule has 1 saturated heterocycles. The Bertz CT molecular complexity index is 1880. The summed E-state index contributed by atoms with van der Waals surface area (Å²) >= 11 is 15.0. The minimum atomic E-state index is -1.02. The summed E-state index contributed by atoms with van der Waals surface area (Å²) in [5.74, 6) is 0.267. The van der Waals surface area contributed by atoms with Crippen molar-refractivity contribution in [1.29, 1.82) is 0 Å². The predicted molar refractivity (Wildman–Crippen MR) is 184 cm³/mol. The molecule has 0 radical (unpaired) electrons. The maximum Gasteiger partial charge on any atom is 0.301 e. The predicted octanol–water partition coefficient (Wildman–Crippen LogP) is 8.27. The fourth-order valence-corrected chi connectivity index (χ4v) is 7.93. The van der Waals surface area contributed by atoms with Crippen LogP contribution < -0.4 is 19.1 Å². The van der Waals surface area contributed by atoms with Gasteiger partial charge in [-0.1, -0.05) is 65.4 Å². The van der Waals surface area contributed by atoms with Crippen LogP contribution in [0.15, 0.2) is 64.5 Å². The quantitative estimate of drug-likeness (QED) is 0.0540. The van der Waals surface area contributed by atoms with Crippen LogP contribution in [0, 0.1) is 0 Å². The average molecular weight is 713 g/mol. The van der Waals surface area contributed by atoms with Crippen molar-refractivity contribution in [3.8, 4) is 17.2 Å². The molecule has 1 amide bonds. The number of carbonyl (C=O) groups is 2. The van der Waals surface area contributed by atoms with E-state index in [1.54, 1.807) is 48.5 Å². The van der Waals surface area contributed by atoms with Crippen LogP contribution in [0.1, 0.15) is 55.5 Å². The van der Waals surface area contributed by atoms with E-state index in [2.05, 4.69) is 10.2 Å². The lowest BCUT2D eigenvalue weighted by molar-refractivity contribution is -0.132. The topological polar surface area (TPSA) is 111 Å². The summed E-state index contributed by atoms with van der Waals surface area (Å²) in [6.07, 6.45) is 1.47. The molecule has 2 aliphatic heterocycles. The molecule has 47 heavy (non-hydrogen) atoms. The van der Waals surface area contributed by atoms with Crippen molar-refractivity contribution < 1.29 is 28.9 Å². The fraction of sp³-hybridized carbons (Fsp3) is 0.294. The van der Waals surface area contributed by atoms with Crippen LogP contribution in [-0.4, -0.2) is 46.3 Å². The Hall–Kier alpha value is -3.77. The molecule has 2 aliphatic rings. The van der Waals surface area contributed by atoms with Gasteiger partial charge in [0, 0.05) is 27.8 Å². The number of anilines is 1. The first kappa shape index (κ1) is 33.1. The lowest BCUT2D eigenvalue weighted by Gasteiger charge is -2.23. The third kappa shape index (κ3) is 6.80. The number of fused-ring (bicyclic) bond motifs is 1. The van der Waals surface area contributed by atoms with Gasteiger partial charge in [0.1, 0.15) is 17.6 Å². The van der Waals surface area contributed by atoms with Crippen LogP contribution in [0.4, 0.5) is 5.13 Å². The van der Waals surface area contributed by atoms with Gasteiger partial charge in [-0.3, -0.25) is 14.5 Å². The number of Topliss-reactive ketones (excluding diaryl/α,β-unsaturated/α-hetero) is 1. The molecule has 1 N–H and O–H groups in total. The van der Waals surface area contributed by atoms with Crippen molar-refractivity contribution in [3.63, 3.8) is 0 Å². The fourth-order valence-electron chi connectivity index (χ4n) is 5.50. The molecule has 3 aromatic carbocycles. The number of ketones is 1. The van der Waals surface area contributed by atoms with E-state index < -0.39 is 17.7 Å². The summed E-state index contributed by atoms with van der Waals surface area (Å²) in [6, 6.07) is 14.8.